The molecule has 13 heteroatoms. The highest BCUT2D eigenvalue weighted by atomic mass is 16.9. The zero-order valence-electron chi connectivity index (χ0n) is 33.5. The van der Waals surface area contributed by atoms with Gasteiger partial charge in [-0.25, -0.2) is 4.79 Å². The number of ether oxygens (including phenoxy) is 6. The van der Waals surface area contributed by atoms with Gasteiger partial charge < -0.3 is 54.0 Å². The Morgan fingerprint density at radius 1 is 0.982 bits per heavy atom. The zero-order valence-corrected chi connectivity index (χ0v) is 33.5. The van der Waals surface area contributed by atoms with E-state index in [0.29, 0.717) is 24.8 Å². The van der Waals surface area contributed by atoms with Crippen molar-refractivity contribution >= 4 is 11.9 Å². The number of hydrogen-bond donors (Lipinski definition) is 5. The molecule has 13 nitrogen and oxygen atoms in total. The molecule has 0 radical (unpaired) electrons. The van der Waals surface area contributed by atoms with E-state index in [1.54, 1.807) is 31.2 Å². The lowest BCUT2D eigenvalue weighted by molar-refractivity contribution is -0.595. The smallest absolute Gasteiger partial charge is 0.331 e. The van der Waals surface area contributed by atoms with Crippen LogP contribution in [0.25, 0.3) is 0 Å². The summed E-state index contributed by atoms with van der Waals surface area (Å²) in [6.45, 7) is 10.4. The van der Waals surface area contributed by atoms with Crippen molar-refractivity contribution in [2.45, 2.75) is 144 Å². The maximum absolute atomic E-state index is 13.7. The van der Waals surface area contributed by atoms with E-state index in [1.165, 1.54) is 12.2 Å². The molecule has 5 heterocycles. The summed E-state index contributed by atoms with van der Waals surface area (Å²) in [5.41, 5.74) is -8.82. The first-order valence-electron chi connectivity index (χ1n) is 21.0. The average molecular weight is 795 g/mol. The van der Waals surface area contributed by atoms with Gasteiger partial charge in [-0.2, -0.15) is 0 Å². The van der Waals surface area contributed by atoms with E-state index in [2.05, 4.69) is 6.92 Å². The van der Waals surface area contributed by atoms with Crippen LogP contribution in [-0.2, 0) is 44.0 Å². The molecule has 4 saturated heterocycles. The van der Waals surface area contributed by atoms with E-state index in [1.807, 2.05) is 45.9 Å². The lowest BCUT2D eigenvalue weighted by Gasteiger charge is -2.74. The number of carbonyl (C=O) groups excluding carboxylic acids is 2. The number of carbonyl (C=O) groups is 2. The van der Waals surface area contributed by atoms with Crippen molar-refractivity contribution in [1.29, 1.82) is 0 Å². The zero-order chi connectivity index (χ0) is 40.7. The topological polar surface area (TPSA) is 194 Å². The number of epoxide rings is 1. The van der Waals surface area contributed by atoms with E-state index < -0.39 is 107 Å². The van der Waals surface area contributed by atoms with Crippen molar-refractivity contribution in [2.75, 3.05) is 6.61 Å². The summed E-state index contributed by atoms with van der Waals surface area (Å²) in [6.07, 6.45) is 1.52. The fourth-order valence-electron chi connectivity index (χ4n) is 12.9. The van der Waals surface area contributed by atoms with E-state index in [0.717, 1.165) is 0 Å². The van der Waals surface area contributed by atoms with Gasteiger partial charge in [0, 0.05) is 35.3 Å². The van der Waals surface area contributed by atoms with Crippen LogP contribution in [0.15, 0.2) is 54.6 Å². The van der Waals surface area contributed by atoms with Crippen LogP contribution in [0.4, 0.5) is 0 Å². The standard InChI is InChI=1S/C44H58O13/c1-7-22(2)37(47)52-29-15-11-12-16-31(46)53-33-23(3)19-30-41(33,50)38(48)40(21-45)35(54-40)32-36-43(51,39(6,49)20-26-17-18-28(29)24(26)4)34-25(5)42(30,32)57-44(55-34,56-36)27-13-9-8-10-14-27/h8-16,22-26,28-30,32-36,38,45,48-51H,7,17-21H2,1-6H3. The third-order valence-corrected chi connectivity index (χ3v) is 16.2. The monoisotopic (exact) mass is 794 g/mol. The summed E-state index contributed by atoms with van der Waals surface area (Å²) in [5.74, 6) is -6.74. The van der Waals surface area contributed by atoms with E-state index in [9.17, 15) is 35.1 Å². The number of benzene rings is 1. The summed E-state index contributed by atoms with van der Waals surface area (Å²) in [5, 5.41) is 63.3. The van der Waals surface area contributed by atoms with Crippen LogP contribution in [0, 0.1) is 47.3 Å². The third-order valence-electron chi connectivity index (χ3n) is 16.2. The van der Waals surface area contributed by atoms with E-state index >= 15 is 0 Å². The molecule has 57 heavy (non-hydrogen) atoms. The Hall–Kier alpha value is -2.72. The maximum Gasteiger partial charge on any atom is 0.331 e. The van der Waals surface area contributed by atoms with Gasteiger partial charge in [0.1, 0.15) is 53.4 Å². The van der Waals surface area contributed by atoms with Gasteiger partial charge in [0.2, 0.25) is 0 Å². The maximum atomic E-state index is 13.7. The minimum Gasteiger partial charge on any atom is -0.458 e. The summed E-state index contributed by atoms with van der Waals surface area (Å²) < 4.78 is 39.6. The van der Waals surface area contributed by atoms with Crippen LogP contribution >= 0.6 is 0 Å². The SMILES string of the molecule is CCC(C)C(=O)OC1C=CC=CC(=O)OC2C(C)CC3C2(O)C(O)C2(CO)OC2C2C4OC5(c6ccccc6)OC(C(C)C23O5)C4(O)C(C)(O)CC2CCC1C2C. The summed E-state index contributed by atoms with van der Waals surface area (Å²) in [6, 6.07) is 9.05. The quantitative estimate of drug-likeness (QED) is 0.216. The van der Waals surface area contributed by atoms with Crippen molar-refractivity contribution in [3.63, 3.8) is 0 Å². The molecule has 8 fully saturated rings. The average Bonchev–Trinajstić information content (AvgIpc) is 3.75. The second kappa shape index (κ2) is 13.1. The van der Waals surface area contributed by atoms with Crippen molar-refractivity contribution < 1.29 is 63.5 Å². The summed E-state index contributed by atoms with van der Waals surface area (Å²) >= 11 is 0. The van der Waals surface area contributed by atoms with Crippen molar-refractivity contribution in [3.05, 3.63) is 60.2 Å². The van der Waals surface area contributed by atoms with Gasteiger partial charge in [-0.05, 0) is 62.9 Å². The molecule has 4 saturated carbocycles. The summed E-state index contributed by atoms with van der Waals surface area (Å²) in [7, 11) is 0. The first-order valence-corrected chi connectivity index (χ1v) is 21.0. The minimum atomic E-state index is -2.21. The molecular formula is C44H58O13. The molecule has 1 aromatic carbocycles. The number of rotatable bonds is 5. The molecule has 9 aliphatic rings. The molecule has 4 aliphatic carbocycles. The number of fused-ring (bicyclic) bond motifs is 3. The molecule has 10 bridgehead atoms. The number of aliphatic hydroxyl groups excluding tert-OH is 2. The van der Waals surface area contributed by atoms with Crippen molar-refractivity contribution in [2.24, 2.45) is 47.3 Å². The Morgan fingerprint density at radius 3 is 2.40 bits per heavy atom. The normalized spacial score (nSPS) is 53.7. The predicted octanol–water partition coefficient (Wildman–Crippen LogP) is 3.04. The highest BCUT2D eigenvalue weighted by Crippen LogP contribution is 2.75. The molecule has 0 aromatic heterocycles. The number of aliphatic hydroxyl groups is 5. The Kier molecular flexibility index (Phi) is 9.16. The fourth-order valence-corrected chi connectivity index (χ4v) is 12.9. The highest BCUT2D eigenvalue weighted by Gasteiger charge is 2.91. The first kappa shape index (κ1) is 39.7. The number of hydrogen-bond acceptors (Lipinski definition) is 13. The molecule has 1 aromatic rings. The van der Waals surface area contributed by atoms with Gasteiger partial charge in [-0.3, -0.25) is 4.79 Å². The van der Waals surface area contributed by atoms with Gasteiger partial charge in [0.15, 0.2) is 0 Å². The van der Waals surface area contributed by atoms with Gasteiger partial charge in [0.25, 0.3) is 0 Å². The van der Waals surface area contributed by atoms with E-state index in [-0.39, 0.29) is 42.5 Å². The molecule has 0 amide bonds. The van der Waals surface area contributed by atoms with Gasteiger partial charge in [0.05, 0.1) is 23.7 Å². The van der Waals surface area contributed by atoms with E-state index in [4.69, 9.17) is 28.4 Å². The highest BCUT2D eigenvalue weighted by molar-refractivity contribution is 5.82. The lowest BCUT2D eigenvalue weighted by atomic mass is 9.49. The third kappa shape index (κ3) is 5.13. The van der Waals surface area contributed by atoms with Gasteiger partial charge >= 0.3 is 17.9 Å². The van der Waals surface area contributed by atoms with Gasteiger partial charge in [-0.1, -0.05) is 77.1 Å². The Balaban J connectivity index is 1.23. The van der Waals surface area contributed by atoms with Crippen LogP contribution in [-0.4, -0.2) is 109 Å². The molecule has 312 valence electrons. The van der Waals surface area contributed by atoms with Crippen LogP contribution in [0.5, 0.6) is 0 Å². The second-order valence-electron chi connectivity index (χ2n) is 19.0. The molecular weight excluding hydrogens is 736 g/mol. The summed E-state index contributed by atoms with van der Waals surface area (Å²) in [4.78, 5) is 26.9. The molecule has 20 atom stereocenters. The second-order valence-corrected chi connectivity index (χ2v) is 19.0. The fraction of sp³-hybridized carbons (Fsp3) is 0.727. The number of esters is 2. The van der Waals surface area contributed by atoms with Crippen LogP contribution < -0.4 is 0 Å². The minimum absolute atomic E-state index is 0.0639. The molecule has 1 spiro atoms. The molecule has 5 aliphatic heterocycles. The molecule has 20 unspecified atom stereocenters. The van der Waals surface area contributed by atoms with Crippen molar-refractivity contribution in [3.8, 4) is 0 Å². The lowest BCUT2D eigenvalue weighted by Crippen LogP contribution is -2.89. The van der Waals surface area contributed by atoms with Crippen LogP contribution in [0.1, 0.15) is 79.2 Å². The van der Waals surface area contributed by atoms with Gasteiger partial charge in [-0.15, -0.1) is 0 Å². The predicted molar refractivity (Wildman–Crippen MR) is 200 cm³/mol. The molecule has 5 N–H and O–H groups in total. The van der Waals surface area contributed by atoms with Crippen LogP contribution in [0.2, 0.25) is 0 Å². The Morgan fingerprint density at radius 2 is 1.70 bits per heavy atom. The largest absolute Gasteiger partial charge is 0.458 e. The van der Waals surface area contributed by atoms with Crippen molar-refractivity contribution in [1.82, 2.24) is 0 Å². The molecule has 10 rings (SSSR count). The first-order chi connectivity index (χ1) is 27.0. The Bertz CT molecular complexity index is 1830. The van der Waals surface area contributed by atoms with Crippen LogP contribution in [0.3, 0.4) is 0 Å². The Labute approximate surface area is 333 Å². The number of allylic oxidation sites excluding steroid dienone is 2.